The largest absolute Gasteiger partial charge is 0.465 e. The zero-order valence-corrected chi connectivity index (χ0v) is 22.5. The van der Waals surface area contributed by atoms with Crippen LogP contribution in [0.2, 0.25) is 0 Å². The van der Waals surface area contributed by atoms with Crippen LogP contribution >= 0.6 is 0 Å². The normalized spacial score (nSPS) is 12.8. The lowest BCUT2D eigenvalue weighted by Gasteiger charge is -2.28. The van der Waals surface area contributed by atoms with Crippen LogP contribution in [0.1, 0.15) is 42.3 Å². The second-order valence-corrected chi connectivity index (χ2v) is 11.5. The van der Waals surface area contributed by atoms with Crippen LogP contribution in [-0.2, 0) is 21.3 Å². The summed E-state index contributed by atoms with van der Waals surface area (Å²) < 4.78 is 34.9. The average Bonchev–Trinajstić information content (AvgIpc) is 3.29. The van der Waals surface area contributed by atoms with Gasteiger partial charge in [0.15, 0.2) is 0 Å². The predicted octanol–water partition coefficient (Wildman–Crippen LogP) is 4.72. The van der Waals surface area contributed by atoms with E-state index in [1.54, 1.807) is 42.5 Å². The number of nitrogens with zero attached hydrogens (tertiary/aromatic N) is 1. The number of methoxy groups -OCH3 is 1. The van der Waals surface area contributed by atoms with Crippen molar-refractivity contribution >= 4 is 32.6 Å². The molecule has 1 unspecified atom stereocenters. The van der Waals surface area contributed by atoms with Crippen molar-refractivity contribution in [1.29, 1.82) is 0 Å². The predicted molar refractivity (Wildman–Crippen MR) is 149 cm³/mol. The molecule has 200 valence electrons. The van der Waals surface area contributed by atoms with E-state index >= 15 is 0 Å². The van der Waals surface area contributed by atoms with Crippen LogP contribution in [0.15, 0.2) is 90.0 Å². The molecule has 0 saturated heterocycles. The quantitative estimate of drug-likeness (QED) is 0.240. The number of nitrogens with one attached hydrogen (secondary N) is 2. The molecule has 8 nitrogen and oxygen atoms in total. The Kier molecular flexibility index (Phi) is 8.20. The van der Waals surface area contributed by atoms with Crippen LogP contribution in [0.4, 0.5) is 5.69 Å². The third-order valence-corrected chi connectivity index (χ3v) is 7.92. The zero-order valence-electron chi connectivity index (χ0n) is 21.7. The van der Waals surface area contributed by atoms with Gasteiger partial charge in [-0.3, -0.25) is 4.72 Å². The number of sulfonamides is 1. The summed E-state index contributed by atoms with van der Waals surface area (Å²) in [7, 11) is -2.35. The van der Waals surface area contributed by atoms with Crippen molar-refractivity contribution in [1.82, 2.24) is 9.88 Å². The Morgan fingerprint density at radius 3 is 2.47 bits per heavy atom. The van der Waals surface area contributed by atoms with Gasteiger partial charge in [0, 0.05) is 41.4 Å². The fourth-order valence-corrected chi connectivity index (χ4v) is 5.38. The Morgan fingerprint density at radius 2 is 1.74 bits per heavy atom. The molecule has 4 rings (SSSR count). The summed E-state index contributed by atoms with van der Waals surface area (Å²) in [5, 5.41) is 15.1. The number of aliphatic hydroxyl groups excluding tert-OH is 1. The molecule has 0 aliphatic heterocycles. The van der Waals surface area contributed by atoms with E-state index in [0.717, 1.165) is 17.3 Å². The molecule has 0 spiro atoms. The molecule has 9 heteroatoms. The van der Waals surface area contributed by atoms with Crippen LogP contribution in [0, 0.1) is 0 Å². The van der Waals surface area contributed by atoms with Crippen molar-refractivity contribution in [2.45, 2.75) is 43.4 Å². The van der Waals surface area contributed by atoms with Crippen LogP contribution in [0.25, 0.3) is 10.9 Å². The molecule has 0 fully saturated rings. The molecular formula is C29H33N3O5S. The number of para-hydroxylation sites is 1. The Hall–Kier alpha value is -3.66. The van der Waals surface area contributed by atoms with Gasteiger partial charge in [0.1, 0.15) is 0 Å². The highest BCUT2D eigenvalue weighted by atomic mass is 32.2. The Bertz CT molecular complexity index is 1510. The van der Waals surface area contributed by atoms with Gasteiger partial charge in [0.05, 0.1) is 23.7 Å². The first-order valence-corrected chi connectivity index (χ1v) is 13.8. The Balaban J connectivity index is 1.38. The van der Waals surface area contributed by atoms with Gasteiger partial charge in [0.2, 0.25) is 0 Å². The van der Waals surface area contributed by atoms with Crippen LogP contribution in [0.3, 0.4) is 0 Å². The smallest absolute Gasteiger partial charge is 0.340 e. The van der Waals surface area contributed by atoms with E-state index in [-0.39, 0.29) is 22.9 Å². The number of hydrogen-bond donors (Lipinski definition) is 3. The first-order chi connectivity index (χ1) is 18.1. The number of fused-ring (bicyclic) bond motifs is 1. The number of aryl methyl sites for hydroxylation is 1. The molecule has 38 heavy (non-hydrogen) atoms. The van der Waals surface area contributed by atoms with Gasteiger partial charge in [-0.2, -0.15) is 0 Å². The number of hydrogen-bond acceptors (Lipinski definition) is 6. The second-order valence-electron chi connectivity index (χ2n) is 9.82. The van der Waals surface area contributed by atoms with E-state index in [0.29, 0.717) is 23.4 Å². The number of ether oxygens (including phenoxy) is 1. The van der Waals surface area contributed by atoms with Gasteiger partial charge >= 0.3 is 5.97 Å². The van der Waals surface area contributed by atoms with E-state index in [4.69, 9.17) is 4.74 Å². The van der Waals surface area contributed by atoms with Crippen LogP contribution < -0.4 is 10.0 Å². The highest BCUT2D eigenvalue weighted by molar-refractivity contribution is 7.92. The van der Waals surface area contributed by atoms with Gasteiger partial charge in [0.25, 0.3) is 10.0 Å². The van der Waals surface area contributed by atoms with E-state index < -0.39 is 16.1 Å². The van der Waals surface area contributed by atoms with Crippen LogP contribution in [-0.4, -0.2) is 43.3 Å². The molecule has 0 aliphatic rings. The van der Waals surface area contributed by atoms with Gasteiger partial charge in [-0.15, -0.1) is 0 Å². The van der Waals surface area contributed by atoms with Crippen molar-refractivity contribution in [3.63, 3.8) is 0 Å². The monoisotopic (exact) mass is 535 g/mol. The number of anilines is 1. The van der Waals surface area contributed by atoms with Crippen LogP contribution in [0.5, 0.6) is 0 Å². The van der Waals surface area contributed by atoms with Gasteiger partial charge < -0.3 is 19.7 Å². The van der Waals surface area contributed by atoms with Crippen molar-refractivity contribution in [2.24, 2.45) is 0 Å². The lowest BCUT2D eigenvalue weighted by Crippen LogP contribution is -2.42. The van der Waals surface area contributed by atoms with E-state index in [1.165, 1.54) is 19.2 Å². The van der Waals surface area contributed by atoms with E-state index in [2.05, 4.69) is 23.9 Å². The molecule has 0 amide bonds. The minimum atomic E-state index is -3.72. The number of aliphatic hydroxyl groups is 1. The molecule has 1 heterocycles. The van der Waals surface area contributed by atoms with E-state index in [9.17, 15) is 18.3 Å². The fraction of sp³-hybridized carbons (Fsp3) is 0.276. The highest BCUT2D eigenvalue weighted by Crippen LogP contribution is 2.25. The minimum absolute atomic E-state index is 0.170. The fourth-order valence-electron chi connectivity index (χ4n) is 4.31. The lowest BCUT2D eigenvalue weighted by atomic mass is 9.99. The summed E-state index contributed by atoms with van der Waals surface area (Å²) in [4.78, 5) is 12.4. The number of esters is 1. The maximum absolute atomic E-state index is 12.7. The van der Waals surface area contributed by atoms with Gasteiger partial charge in [-0.05, 0) is 56.2 Å². The van der Waals surface area contributed by atoms with Crippen molar-refractivity contribution in [2.75, 3.05) is 18.4 Å². The number of β-amino-alcohol motifs (C(OH)–C–C–N with tert-alkyl or cyclic N) is 1. The number of aromatic nitrogens is 1. The molecule has 0 saturated carbocycles. The molecule has 3 N–H and O–H groups in total. The third kappa shape index (κ3) is 6.42. The topological polar surface area (TPSA) is 110 Å². The zero-order chi connectivity index (χ0) is 27.3. The Labute approximate surface area is 223 Å². The first kappa shape index (κ1) is 27.4. The number of benzene rings is 3. The summed E-state index contributed by atoms with van der Waals surface area (Å²) in [5.74, 6) is -0.367. The minimum Gasteiger partial charge on any atom is -0.465 e. The third-order valence-electron chi connectivity index (χ3n) is 6.52. The maximum Gasteiger partial charge on any atom is 0.340 e. The van der Waals surface area contributed by atoms with Crippen molar-refractivity contribution in [3.8, 4) is 0 Å². The molecular weight excluding hydrogens is 502 g/mol. The molecule has 4 aromatic rings. The molecule has 0 radical (unpaired) electrons. The lowest BCUT2D eigenvalue weighted by molar-refractivity contribution is 0.0602. The molecule has 1 aromatic heterocycles. The van der Waals surface area contributed by atoms with Crippen molar-refractivity contribution < 1.29 is 23.1 Å². The summed E-state index contributed by atoms with van der Waals surface area (Å²) in [6, 6.07) is 22.6. The summed E-state index contributed by atoms with van der Waals surface area (Å²) in [5.41, 5.74) is 2.14. The number of carbonyl (C=O) groups excluding carboxylic acids is 1. The van der Waals surface area contributed by atoms with Gasteiger partial charge in [-0.1, -0.05) is 48.5 Å². The Morgan fingerprint density at radius 1 is 1.03 bits per heavy atom. The molecule has 0 aliphatic carbocycles. The summed E-state index contributed by atoms with van der Waals surface area (Å²) in [6.45, 7) is 5.04. The standard InChI is InChI=1S/C29H33N3O5S/c1-29(2,16-17-32-20-25(28(34)37-3)24-14-7-8-15-26(24)32)30-19-27(33)21-10-9-11-22(18-21)31-38(35,36)23-12-5-4-6-13-23/h4-15,18,20,27,30-31,33H,16-17,19H2,1-3H3. The number of rotatable bonds is 11. The van der Waals surface area contributed by atoms with Gasteiger partial charge in [-0.25, -0.2) is 13.2 Å². The average molecular weight is 536 g/mol. The second kappa shape index (κ2) is 11.4. The van der Waals surface area contributed by atoms with E-state index in [1.807, 2.05) is 35.0 Å². The summed E-state index contributed by atoms with van der Waals surface area (Å²) in [6.07, 6.45) is 1.72. The summed E-state index contributed by atoms with van der Waals surface area (Å²) >= 11 is 0. The molecule has 3 aromatic carbocycles. The first-order valence-electron chi connectivity index (χ1n) is 12.4. The molecule has 1 atom stereocenters. The number of carbonyl (C=O) groups is 1. The SMILES string of the molecule is COC(=O)c1cn(CCC(C)(C)NCC(O)c2cccc(NS(=O)(=O)c3ccccc3)c2)c2ccccc12. The maximum atomic E-state index is 12.7. The molecule has 0 bridgehead atoms. The van der Waals surface area contributed by atoms with Crippen molar-refractivity contribution in [3.05, 3.63) is 96.2 Å². The highest BCUT2D eigenvalue weighted by Gasteiger charge is 2.22.